The van der Waals surface area contributed by atoms with Crippen molar-refractivity contribution in [2.24, 2.45) is 0 Å². The number of nitrogens with zero attached hydrogens (tertiary/aromatic N) is 2. The lowest BCUT2D eigenvalue weighted by atomic mass is 10.1. The molecule has 1 aromatic carbocycles. The van der Waals surface area contributed by atoms with Crippen molar-refractivity contribution in [1.82, 2.24) is 9.78 Å². The lowest BCUT2D eigenvalue weighted by molar-refractivity contribution is 0.270. The van der Waals surface area contributed by atoms with Crippen LogP contribution in [0.25, 0.3) is 11.3 Å². The maximum atomic E-state index is 13.6. The van der Waals surface area contributed by atoms with Gasteiger partial charge < -0.3 is 10.8 Å². The van der Waals surface area contributed by atoms with E-state index in [4.69, 9.17) is 10.8 Å². The van der Waals surface area contributed by atoms with Gasteiger partial charge in [-0.25, -0.2) is 26.6 Å². The molecule has 0 aliphatic carbocycles. The molecule has 20 heavy (non-hydrogen) atoms. The Morgan fingerprint density at radius 3 is 2.00 bits per heavy atom. The minimum absolute atomic E-state index is 0.0821. The third-order valence-corrected chi connectivity index (χ3v) is 2.59. The number of hydrogen-bond donors (Lipinski definition) is 2. The third-order valence-electron chi connectivity index (χ3n) is 2.59. The summed E-state index contributed by atoms with van der Waals surface area (Å²) < 4.78 is 67.2. The zero-order chi connectivity index (χ0) is 15.0. The van der Waals surface area contributed by atoms with Gasteiger partial charge >= 0.3 is 0 Å². The van der Waals surface area contributed by atoms with Crippen molar-refractivity contribution < 1.29 is 27.1 Å². The number of benzene rings is 1. The smallest absolute Gasteiger partial charge is 0.200 e. The van der Waals surface area contributed by atoms with Crippen LogP contribution in [0.15, 0.2) is 6.07 Å². The topological polar surface area (TPSA) is 64.1 Å². The Morgan fingerprint density at radius 2 is 1.50 bits per heavy atom. The van der Waals surface area contributed by atoms with Gasteiger partial charge in [-0.15, -0.1) is 0 Å². The number of anilines is 1. The van der Waals surface area contributed by atoms with E-state index in [1.54, 1.807) is 0 Å². The van der Waals surface area contributed by atoms with Gasteiger partial charge in [-0.2, -0.15) is 5.10 Å². The Morgan fingerprint density at radius 1 is 1.00 bits per heavy atom. The Kier molecular flexibility index (Phi) is 3.62. The van der Waals surface area contributed by atoms with E-state index in [9.17, 15) is 22.0 Å². The minimum Gasteiger partial charge on any atom is -0.394 e. The largest absolute Gasteiger partial charge is 0.394 e. The zero-order valence-corrected chi connectivity index (χ0v) is 9.80. The first-order valence-corrected chi connectivity index (χ1v) is 5.34. The quantitative estimate of drug-likeness (QED) is 0.515. The van der Waals surface area contributed by atoms with Crippen LogP contribution in [0.4, 0.5) is 27.8 Å². The summed E-state index contributed by atoms with van der Waals surface area (Å²) >= 11 is 0. The Bertz CT molecular complexity index is 642. The first-order chi connectivity index (χ1) is 9.38. The molecule has 0 saturated carbocycles. The maximum Gasteiger partial charge on any atom is 0.200 e. The molecule has 9 heteroatoms. The summed E-state index contributed by atoms with van der Waals surface area (Å²) in [5.74, 6) is -10.4. The number of rotatable bonds is 3. The van der Waals surface area contributed by atoms with E-state index in [-0.39, 0.29) is 19.0 Å². The molecule has 0 aliphatic rings. The van der Waals surface area contributed by atoms with Crippen molar-refractivity contribution in [3.63, 3.8) is 0 Å². The van der Waals surface area contributed by atoms with Crippen LogP contribution in [0.2, 0.25) is 0 Å². The Hall–Kier alpha value is -2.16. The minimum atomic E-state index is -2.24. The summed E-state index contributed by atoms with van der Waals surface area (Å²) in [7, 11) is 0. The summed E-state index contributed by atoms with van der Waals surface area (Å²) in [6.07, 6.45) is 0. The van der Waals surface area contributed by atoms with Crippen LogP contribution >= 0.6 is 0 Å². The first-order valence-electron chi connectivity index (χ1n) is 5.34. The highest BCUT2D eigenvalue weighted by Gasteiger charge is 2.28. The molecule has 0 spiro atoms. The first kappa shape index (κ1) is 14.3. The maximum absolute atomic E-state index is 13.6. The van der Waals surface area contributed by atoms with Crippen molar-refractivity contribution in [3.8, 4) is 11.3 Å². The van der Waals surface area contributed by atoms with Crippen LogP contribution < -0.4 is 5.73 Å². The highest BCUT2D eigenvalue weighted by molar-refractivity contribution is 5.64. The lowest BCUT2D eigenvalue weighted by Gasteiger charge is -2.05. The van der Waals surface area contributed by atoms with Crippen LogP contribution in [0, 0.1) is 29.1 Å². The standard InChI is InChI=1S/C11H8F5N3O/c12-7-6(8(13)10(15)11(16)9(7)14)4-3-5(17)19(18-4)1-2-20/h3,20H,1-2,17H2. The van der Waals surface area contributed by atoms with Crippen LogP contribution in [-0.4, -0.2) is 21.5 Å². The van der Waals surface area contributed by atoms with E-state index in [1.165, 1.54) is 0 Å². The number of aliphatic hydroxyl groups excluding tert-OH is 1. The molecule has 0 unspecified atom stereocenters. The summed E-state index contributed by atoms with van der Waals surface area (Å²) in [4.78, 5) is 0. The molecular weight excluding hydrogens is 285 g/mol. The Labute approximate surface area is 109 Å². The van der Waals surface area contributed by atoms with Gasteiger partial charge in [0.15, 0.2) is 23.3 Å². The fraction of sp³-hybridized carbons (Fsp3) is 0.182. The van der Waals surface area contributed by atoms with Crippen molar-refractivity contribution in [3.05, 3.63) is 35.2 Å². The van der Waals surface area contributed by atoms with Gasteiger partial charge in [0.1, 0.15) is 11.5 Å². The SMILES string of the molecule is Nc1cc(-c2c(F)c(F)c(F)c(F)c2F)nn1CCO. The van der Waals surface area contributed by atoms with Gasteiger partial charge in [0, 0.05) is 6.07 Å². The second kappa shape index (κ2) is 5.08. The van der Waals surface area contributed by atoms with Crippen LogP contribution in [0.1, 0.15) is 0 Å². The van der Waals surface area contributed by atoms with Crippen LogP contribution in [0.5, 0.6) is 0 Å². The molecule has 0 fully saturated rings. The second-order valence-corrected chi connectivity index (χ2v) is 3.85. The van der Waals surface area contributed by atoms with Crippen molar-refractivity contribution in [2.45, 2.75) is 6.54 Å². The molecule has 0 atom stereocenters. The molecule has 2 rings (SSSR count). The molecule has 4 nitrogen and oxygen atoms in total. The predicted octanol–water partition coefficient (Wildman–Crippen LogP) is 1.82. The number of aliphatic hydroxyl groups is 1. The number of aromatic nitrogens is 2. The molecule has 1 aromatic heterocycles. The Balaban J connectivity index is 2.67. The average Bonchev–Trinajstić information content (AvgIpc) is 2.76. The van der Waals surface area contributed by atoms with Crippen molar-refractivity contribution >= 4 is 5.82 Å². The molecule has 1 heterocycles. The number of nitrogen functional groups attached to an aromatic ring is 1. The van der Waals surface area contributed by atoms with Gasteiger partial charge in [0.2, 0.25) is 5.82 Å². The third kappa shape index (κ3) is 2.09. The fourth-order valence-corrected chi connectivity index (χ4v) is 1.66. The number of halogens is 5. The van der Waals surface area contributed by atoms with Gasteiger partial charge in [0.25, 0.3) is 0 Å². The monoisotopic (exact) mass is 293 g/mol. The number of hydrogen-bond acceptors (Lipinski definition) is 3. The molecule has 0 bridgehead atoms. The lowest BCUT2D eigenvalue weighted by Crippen LogP contribution is -2.08. The highest BCUT2D eigenvalue weighted by atomic mass is 19.2. The molecule has 0 saturated heterocycles. The van der Waals surface area contributed by atoms with Crippen LogP contribution in [0.3, 0.4) is 0 Å². The highest BCUT2D eigenvalue weighted by Crippen LogP contribution is 2.31. The second-order valence-electron chi connectivity index (χ2n) is 3.85. The van der Waals surface area contributed by atoms with Gasteiger partial charge in [-0.1, -0.05) is 0 Å². The molecular formula is C11H8F5N3O. The van der Waals surface area contributed by atoms with E-state index < -0.39 is 40.3 Å². The van der Waals surface area contributed by atoms with E-state index in [0.29, 0.717) is 0 Å². The summed E-state index contributed by atoms with van der Waals surface area (Å²) in [5.41, 5.74) is 3.78. The zero-order valence-electron chi connectivity index (χ0n) is 9.80. The van der Waals surface area contributed by atoms with Crippen molar-refractivity contribution in [1.29, 1.82) is 0 Å². The van der Waals surface area contributed by atoms with Crippen molar-refractivity contribution in [2.75, 3.05) is 12.3 Å². The summed E-state index contributed by atoms with van der Waals surface area (Å²) in [5, 5.41) is 12.3. The van der Waals surface area contributed by atoms with Gasteiger partial charge in [-0.05, 0) is 0 Å². The van der Waals surface area contributed by atoms with E-state index in [0.717, 1.165) is 10.7 Å². The van der Waals surface area contributed by atoms with Gasteiger partial charge in [0.05, 0.1) is 18.7 Å². The number of nitrogens with two attached hydrogens (primary N) is 1. The summed E-state index contributed by atoms with van der Waals surface area (Å²) in [6, 6.07) is 0.952. The molecule has 0 radical (unpaired) electrons. The van der Waals surface area contributed by atoms with E-state index in [1.807, 2.05) is 0 Å². The molecule has 108 valence electrons. The average molecular weight is 293 g/mol. The van der Waals surface area contributed by atoms with Gasteiger partial charge in [-0.3, -0.25) is 0 Å². The molecule has 0 amide bonds. The van der Waals surface area contributed by atoms with Crippen LogP contribution in [-0.2, 0) is 6.54 Å². The molecule has 2 aromatic rings. The fourth-order valence-electron chi connectivity index (χ4n) is 1.66. The van der Waals surface area contributed by atoms with E-state index >= 15 is 0 Å². The molecule has 0 aliphatic heterocycles. The molecule has 3 N–H and O–H groups in total. The van der Waals surface area contributed by atoms with E-state index in [2.05, 4.69) is 5.10 Å². The normalized spacial score (nSPS) is 11.1. The predicted molar refractivity (Wildman–Crippen MR) is 59.0 cm³/mol. The summed E-state index contributed by atoms with van der Waals surface area (Å²) in [6.45, 7) is -0.441.